The minimum absolute atomic E-state index is 0.00937. The highest BCUT2D eigenvalue weighted by molar-refractivity contribution is 7.89. The molecule has 1 saturated heterocycles. The molecular formula is C22H30N4O5S. The number of hydrogen-bond donors (Lipinski definition) is 2. The molecular weight excluding hydrogens is 432 g/mol. The van der Waals surface area contributed by atoms with Gasteiger partial charge >= 0.3 is 0 Å². The van der Waals surface area contributed by atoms with Crippen LogP contribution in [0.3, 0.4) is 0 Å². The van der Waals surface area contributed by atoms with Gasteiger partial charge in [-0.15, -0.1) is 5.92 Å². The Morgan fingerprint density at radius 2 is 1.84 bits per heavy atom. The molecule has 2 rings (SSSR count). The number of likely N-dealkylation sites (N-methyl/N-ethyl adjacent to an activating group) is 1. The zero-order valence-electron chi connectivity index (χ0n) is 18.7. The van der Waals surface area contributed by atoms with Gasteiger partial charge in [0.1, 0.15) is 18.4 Å². The smallest absolute Gasteiger partial charge is 0.261 e. The van der Waals surface area contributed by atoms with E-state index in [1.165, 1.54) is 36.7 Å². The zero-order valence-corrected chi connectivity index (χ0v) is 19.5. The Bertz CT molecular complexity index is 981. The van der Waals surface area contributed by atoms with E-state index in [1.54, 1.807) is 6.92 Å². The van der Waals surface area contributed by atoms with E-state index in [-0.39, 0.29) is 18.0 Å². The highest BCUT2D eigenvalue weighted by atomic mass is 32.2. The minimum Gasteiger partial charge on any atom is -0.481 e. The molecule has 0 aliphatic carbocycles. The molecule has 0 bridgehead atoms. The van der Waals surface area contributed by atoms with Gasteiger partial charge in [-0.1, -0.05) is 17.8 Å². The van der Waals surface area contributed by atoms with Crippen LogP contribution in [0.1, 0.15) is 13.8 Å². The van der Waals surface area contributed by atoms with E-state index in [0.717, 1.165) is 30.5 Å². The maximum absolute atomic E-state index is 13.2. The first kappa shape index (κ1) is 25.7. The first-order valence-electron chi connectivity index (χ1n) is 10.2. The van der Waals surface area contributed by atoms with Crippen LogP contribution >= 0.6 is 0 Å². The molecule has 1 unspecified atom stereocenters. The molecule has 0 aromatic heterocycles. The van der Waals surface area contributed by atoms with Gasteiger partial charge in [-0.25, -0.2) is 13.9 Å². The Balaban J connectivity index is 2.15. The molecule has 0 saturated carbocycles. The lowest BCUT2D eigenvalue weighted by Gasteiger charge is -2.30. The summed E-state index contributed by atoms with van der Waals surface area (Å²) in [5.41, 5.74) is 1.51. The van der Waals surface area contributed by atoms with E-state index in [9.17, 15) is 13.2 Å². The summed E-state index contributed by atoms with van der Waals surface area (Å²) in [6, 6.07) is 4.70. The third-order valence-corrected chi connectivity index (χ3v) is 7.03. The summed E-state index contributed by atoms with van der Waals surface area (Å²) >= 11 is 0. The van der Waals surface area contributed by atoms with Crippen LogP contribution in [0.15, 0.2) is 29.2 Å². The van der Waals surface area contributed by atoms with Crippen LogP contribution in [0, 0.1) is 23.7 Å². The summed E-state index contributed by atoms with van der Waals surface area (Å²) in [4.78, 5) is 16.4. The molecule has 1 atom stereocenters. The van der Waals surface area contributed by atoms with Crippen molar-refractivity contribution in [3.05, 3.63) is 24.3 Å². The van der Waals surface area contributed by atoms with Gasteiger partial charge in [-0.3, -0.25) is 14.9 Å². The van der Waals surface area contributed by atoms with E-state index in [1.807, 2.05) is 0 Å². The normalized spacial score (nSPS) is 15.8. The third-order valence-electron chi connectivity index (χ3n) is 5.10. The number of carbonyl (C=O) groups excluding carboxylic acids is 1. The van der Waals surface area contributed by atoms with Gasteiger partial charge in [-0.05, 0) is 45.2 Å². The number of amides is 1. The maximum Gasteiger partial charge on any atom is 0.261 e. The highest BCUT2D eigenvalue weighted by Crippen LogP contribution is 2.21. The molecule has 1 aromatic rings. The largest absolute Gasteiger partial charge is 0.481 e. The Kier molecular flexibility index (Phi) is 9.97. The predicted octanol–water partition coefficient (Wildman–Crippen LogP) is 0.224. The fourth-order valence-corrected chi connectivity index (χ4v) is 4.49. The number of piperazine rings is 1. The van der Waals surface area contributed by atoms with Crippen molar-refractivity contribution in [2.45, 2.75) is 24.8 Å². The van der Waals surface area contributed by atoms with Gasteiger partial charge in [0, 0.05) is 26.2 Å². The number of sulfonamides is 1. The summed E-state index contributed by atoms with van der Waals surface area (Å²) in [6.07, 6.45) is 0. The van der Waals surface area contributed by atoms with Crippen LogP contribution in [0.2, 0.25) is 0 Å². The fourth-order valence-electron chi connectivity index (χ4n) is 3.00. The molecule has 9 nitrogen and oxygen atoms in total. The van der Waals surface area contributed by atoms with Gasteiger partial charge < -0.3 is 9.64 Å². The standard InChI is InChI=1S/C22H30N4O5S/c1-4-5-18-31-20-8-10-21(11-9-20)32(29,30)26(19(2)22(27)23-28)13-7-6-12-25-16-14-24(3)15-17-25/h8-11,19,28H,12-18H2,1-3H3,(H,23,27). The molecule has 10 heteroatoms. The number of nitrogens with one attached hydrogen (secondary N) is 1. The lowest BCUT2D eigenvalue weighted by Crippen LogP contribution is -2.47. The second-order valence-electron chi connectivity index (χ2n) is 7.32. The maximum atomic E-state index is 13.2. The summed E-state index contributed by atoms with van der Waals surface area (Å²) in [5, 5.41) is 9.00. The molecule has 1 aliphatic rings. The lowest BCUT2D eigenvalue weighted by molar-refractivity contribution is -0.132. The topological polar surface area (TPSA) is 102 Å². The predicted molar refractivity (Wildman–Crippen MR) is 120 cm³/mol. The van der Waals surface area contributed by atoms with Crippen LogP contribution in [0.25, 0.3) is 0 Å². The quantitative estimate of drug-likeness (QED) is 0.324. The molecule has 1 aliphatic heterocycles. The summed E-state index contributed by atoms with van der Waals surface area (Å²) in [6.45, 7) is 7.34. The molecule has 174 valence electrons. The van der Waals surface area contributed by atoms with Gasteiger partial charge in [0.15, 0.2) is 0 Å². The van der Waals surface area contributed by atoms with E-state index in [0.29, 0.717) is 12.3 Å². The second-order valence-corrected chi connectivity index (χ2v) is 9.21. The number of benzene rings is 1. The Morgan fingerprint density at radius 1 is 1.19 bits per heavy atom. The molecule has 1 aromatic carbocycles. The minimum atomic E-state index is -4.05. The summed E-state index contributed by atoms with van der Waals surface area (Å²) in [7, 11) is -1.99. The van der Waals surface area contributed by atoms with Crippen molar-refractivity contribution < 1.29 is 23.2 Å². The van der Waals surface area contributed by atoms with Gasteiger partial charge in [0.05, 0.1) is 18.0 Å². The van der Waals surface area contributed by atoms with Crippen LogP contribution in [-0.2, 0) is 14.8 Å². The first-order valence-corrected chi connectivity index (χ1v) is 11.7. The molecule has 2 N–H and O–H groups in total. The van der Waals surface area contributed by atoms with Crippen molar-refractivity contribution in [3.63, 3.8) is 0 Å². The van der Waals surface area contributed by atoms with Crippen molar-refractivity contribution in [2.75, 3.05) is 52.9 Å². The average Bonchev–Trinajstić information content (AvgIpc) is 2.79. The number of hydrogen-bond acceptors (Lipinski definition) is 7. The lowest BCUT2D eigenvalue weighted by atomic mass is 10.3. The average molecular weight is 463 g/mol. The second kappa shape index (κ2) is 12.4. The van der Waals surface area contributed by atoms with Gasteiger partial charge in [-0.2, -0.15) is 4.31 Å². The van der Waals surface area contributed by atoms with Crippen molar-refractivity contribution in [2.24, 2.45) is 0 Å². The van der Waals surface area contributed by atoms with Crippen LogP contribution < -0.4 is 10.2 Å². The van der Waals surface area contributed by atoms with E-state index in [4.69, 9.17) is 9.94 Å². The van der Waals surface area contributed by atoms with Crippen LogP contribution in [-0.4, -0.2) is 92.6 Å². The number of rotatable bonds is 8. The van der Waals surface area contributed by atoms with E-state index < -0.39 is 22.0 Å². The Morgan fingerprint density at radius 3 is 2.44 bits per heavy atom. The van der Waals surface area contributed by atoms with Crippen molar-refractivity contribution in [1.29, 1.82) is 0 Å². The number of nitrogens with zero attached hydrogens (tertiary/aromatic N) is 3. The Labute approximate surface area is 190 Å². The monoisotopic (exact) mass is 462 g/mol. The molecule has 0 spiro atoms. The van der Waals surface area contributed by atoms with Crippen LogP contribution in [0.5, 0.6) is 5.75 Å². The molecule has 32 heavy (non-hydrogen) atoms. The highest BCUT2D eigenvalue weighted by Gasteiger charge is 2.32. The van der Waals surface area contributed by atoms with Crippen molar-refractivity contribution in [3.8, 4) is 29.4 Å². The summed E-state index contributed by atoms with van der Waals surface area (Å²) in [5.74, 6) is 11.0. The summed E-state index contributed by atoms with van der Waals surface area (Å²) < 4.78 is 32.8. The van der Waals surface area contributed by atoms with Gasteiger partial charge in [0.25, 0.3) is 5.91 Å². The van der Waals surface area contributed by atoms with E-state index in [2.05, 4.69) is 40.5 Å². The van der Waals surface area contributed by atoms with Gasteiger partial charge in [0.2, 0.25) is 10.0 Å². The zero-order chi connectivity index (χ0) is 23.6. The first-order chi connectivity index (χ1) is 15.3. The molecule has 1 heterocycles. The third kappa shape index (κ3) is 7.23. The number of hydroxylamine groups is 1. The van der Waals surface area contributed by atoms with E-state index >= 15 is 0 Å². The molecule has 1 amide bonds. The van der Waals surface area contributed by atoms with Crippen LogP contribution in [0.4, 0.5) is 0 Å². The SMILES string of the molecule is CC#CCOc1ccc(S(=O)(=O)N(CC#CCN2CCN(C)CC2)C(C)C(=O)NO)cc1. The van der Waals surface area contributed by atoms with Crippen molar-refractivity contribution >= 4 is 15.9 Å². The molecule has 0 radical (unpaired) electrons. The number of ether oxygens (including phenoxy) is 1. The number of carbonyl (C=O) groups is 1. The van der Waals surface area contributed by atoms with Crippen molar-refractivity contribution in [1.82, 2.24) is 19.6 Å². The fraction of sp³-hybridized carbons (Fsp3) is 0.500. The molecule has 1 fully saturated rings. The Hall–Kier alpha value is -2.60.